The van der Waals surface area contributed by atoms with Gasteiger partial charge in [0, 0.05) is 25.7 Å². The summed E-state index contributed by atoms with van der Waals surface area (Å²) < 4.78 is 0. The number of phenolic OH excluding ortho intramolecular Hbond substituents is 1. The number of amides is 4. The molecule has 0 aliphatic carbocycles. The fourth-order valence-corrected chi connectivity index (χ4v) is 3.98. The number of nitrogens with one attached hydrogen (secondary N) is 2. The molecule has 176 valence electrons. The highest BCUT2D eigenvalue weighted by molar-refractivity contribution is 6.22. The second kappa shape index (κ2) is 10.5. The number of carbonyl (C=O) groups excluding carboxylic acids is 3. The van der Waals surface area contributed by atoms with Crippen molar-refractivity contribution in [1.82, 2.24) is 20.4 Å². The van der Waals surface area contributed by atoms with E-state index in [0.717, 1.165) is 23.1 Å². The maximum Gasteiger partial charge on any atom is 0.314 e. The third-order valence-corrected chi connectivity index (χ3v) is 6.02. The molecule has 4 amide bonds. The van der Waals surface area contributed by atoms with Gasteiger partial charge in [-0.3, -0.25) is 14.5 Å². The van der Waals surface area contributed by atoms with E-state index in [1.807, 2.05) is 57.1 Å². The zero-order valence-electron chi connectivity index (χ0n) is 19.6. The Bertz CT molecular complexity index is 992. The average Bonchev–Trinajstić information content (AvgIpc) is 3.03. The molecule has 1 aliphatic heterocycles. The first-order valence-electron chi connectivity index (χ1n) is 11.1. The van der Waals surface area contributed by atoms with Crippen LogP contribution in [0.1, 0.15) is 43.8 Å². The van der Waals surface area contributed by atoms with Gasteiger partial charge >= 0.3 is 6.03 Å². The van der Waals surface area contributed by atoms with E-state index in [1.165, 1.54) is 4.90 Å². The van der Waals surface area contributed by atoms with Crippen LogP contribution in [0.3, 0.4) is 0 Å². The first kappa shape index (κ1) is 24.3. The highest BCUT2D eigenvalue weighted by Crippen LogP contribution is 2.28. The van der Waals surface area contributed by atoms with Crippen molar-refractivity contribution in [3.05, 3.63) is 64.2 Å². The largest absolute Gasteiger partial charge is 0.508 e. The zero-order valence-corrected chi connectivity index (χ0v) is 19.6. The summed E-state index contributed by atoms with van der Waals surface area (Å²) in [5.41, 5.74) is 3.66. The van der Waals surface area contributed by atoms with Crippen molar-refractivity contribution in [1.29, 1.82) is 0 Å². The van der Waals surface area contributed by atoms with E-state index < -0.39 is 0 Å². The van der Waals surface area contributed by atoms with Crippen molar-refractivity contribution >= 4 is 17.8 Å². The molecule has 1 atom stereocenters. The van der Waals surface area contributed by atoms with E-state index in [-0.39, 0.29) is 36.2 Å². The molecule has 0 fully saturated rings. The van der Waals surface area contributed by atoms with E-state index in [1.54, 1.807) is 12.1 Å². The maximum absolute atomic E-state index is 12.7. The van der Waals surface area contributed by atoms with Gasteiger partial charge < -0.3 is 20.6 Å². The number of aromatic hydroxyl groups is 1. The Morgan fingerprint density at radius 1 is 0.970 bits per heavy atom. The third kappa shape index (κ3) is 5.70. The molecule has 8 heteroatoms. The van der Waals surface area contributed by atoms with Crippen molar-refractivity contribution in [2.24, 2.45) is 0 Å². The number of aryl methyl sites for hydroxylation is 2. The van der Waals surface area contributed by atoms with Crippen molar-refractivity contribution in [3.8, 4) is 5.75 Å². The first-order valence-corrected chi connectivity index (χ1v) is 11.1. The molecule has 0 aromatic heterocycles. The van der Waals surface area contributed by atoms with Crippen molar-refractivity contribution in [2.75, 3.05) is 33.7 Å². The Hall–Kier alpha value is -3.39. The highest BCUT2D eigenvalue weighted by atomic mass is 16.3. The number of hydrogen-bond acceptors (Lipinski definition) is 5. The molecule has 8 nitrogen and oxygen atoms in total. The SMILES string of the molecule is Cc1ccc(C)c2c1C(=O)N(CCCNC(=O)NC[C@H](Cc1ccc(O)cc1)N(C)C)C2=O. The van der Waals surface area contributed by atoms with Gasteiger partial charge in [-0.05, 0) is 69.6 Å². The Labute approximate surface area is 194 Å². The van der Waals surface area contributed by atoms with Gasteiger partial charge in [0.2, 0.25) is 0 Å². The predicted molar refractivity (Wildman–Crippen MR) is 127 cm³/mol. The minimum Gasteiger partial charge on any atom is -0.508 e. The quantitative estimate of drug-likeness (QED) is 0.401. The number of hydrogen-bond donors (Lipinski definition) is 3. The molecule has 33 heavy (non-hydrogen) atoms. The van der Waals surface area contributed by atoms with Gasteiger partial charge in [-0.25, -0.2) is 4.79 Å². The molecule has 2 aromatic carbocycles. The molecule has 0 saturated carbocycles. The van der Waals surface area contributed by atoms with Gasteiger partial charge in [0.15, 0.2) is 0 Å². The molecular weight excluding hydrogens is 420 g/mol. The van der Waals surface area contributed by atoms with Crippen LogP contribution in [0, 0.1) is 13.8 Å². The summed E-state index contributed by atoms with van der Waals surface area (Å²) in [5.74, 6) is -0.295. The molecule has 3 rings (SSSR count). The standard InChI is InChI=1S/C25H32N4O4/c1-16-6-7-17(2)22-21(16)23(31)29(24(22)32)13-5-12-26-25(33)27-15-19(28(3)4)14-18-8-10-20(30)11-9-18/h6-11,19,30H,5,12-15H2,1-4H3,(H2,26,27,33)/t19-/m0/s1. The number of nitrogens with zero attached hydrogens (tertiary/aromatic N) is 2. The van der Waals surface area contributed by atoms with E-state index >= 15 is 0 Å². The Balaban J connectivity index is 1.43. The van der Waals surface area contributed by atoms with E-state index in [2.05, 4.69) is 10.6 Å². The summed E-state index contributed by atoms with van der Waals surface area (Å²) in [6.45, 7) is 4.73. The highest BCUT2D eigenvalue weighted by Gasteiger charge is 2.37. The second-order valence-corrected chi connectivity index (χ2v) is 8.69. The van der Waals surface area contributed by atoms with Crippen LogP contribution in [-0.2, 0) is 6.42 Å². The molecule has 0 radical (unpaired) electrons. The molecule has 1 aliphatic rings. The summed E-state index contributed by atoms with van der Waals surface area (Å²) in [6.07, 6.45) is 1.20. The lowest BCUT2D eigenvalue weighted by molar-refractivity contribution is 0.0653. The van der Waals surface area contributed by atoms with E-state index in [4.69, 9.17) is 0 Å². The molecule has 0 unspecified atom stereocenters. The normalized spacial score (nSPS) is 13.9. The number of rotatable bonds is 9. The number of fused-ring (bicyclic) bond motifs is 1. The summed E-state index contributed by atoms with van der Waals surface area (Å²) in [5, 5.41) is 15.1. The average molecular weight is 453 g/mol. The monoisotopic (exact) mass is 452 g/mol. The van der Waals surface area contributed by atoms with Gasteiger partial charge in [-0.2, -0.15) is 0 Å². The molecule has 0 bridgehead atoms. The lowest BCUT2D eigenvalue weighted by Gasteiger charge is -2.25. The number of carbonyl (C=O) groups is 3. The van der Waals surface area contributed by atoms with Crippen LogP contribution in [0.4, 0.5) is 4.79 Å². The van der Waals surface area contributed by atoms with Crippen molar-refractivity contribution in [2.45, 2.75) is 32.7 Å². The lowest BCUT2D eigenvalue weighted by atomic mass is 9.99. The van der Waals surface area contributed by atoms with E-state index in [9.17, 15) is 19.5 Å². The molecule has 3 N–H and O–H groups in total. The number of phenols is 1. The Morgan fingerprint density at radius 3 is 2.09 bits per heavy atom. The minimum atomic E-state index is -0.290. The Kier molecular flexibility index (Phi) is 7.71. The summed E-state index contributed by atoms with van der Waals surface area (Å²) >= 11 is 0. The molecule has 0 saturated heterocycles. The summed E-state index contributed by atoms with van der Waals surface area (Å²) in [6, 6.07) is 10.6. The number of imide groups is 1. The van der Waals surface area contributed by atoms with E-state index in [0.29, 0.717) is 30.6 Å². The van der Waals surface area contributed by atoms with Crippen LogP contribution < -0.4 is 10.6 Å². The van der Waals surface area contributed by atoms with Gasteiger partial charge in [-0.1, -0.05) is 24.3 Å². The van der Waals surface area contributed by atoms with Crippen LogP contribution in [0.5, 0.6) is 5.75 Å². The summed E-state index contributed by atoms with van der Waals surface area (Å²) in [4.78, 5) is 41.0. The van der Waals surface area contributed by atoms with Crippen molar-refractivity contribution < 1.29 is 19.5 Å². The van der Waals surface area contributed by atoms with Crippen LogP contribution in [0.25, 0.3) is 0 Å². The van der Waals surface area contributed by atoms with Gasteiger partial charge in [-0.15, -0.1) is 0 Å². The zero-order chi connectivity index (χ0) is 24.1. The lowest BCUT2D eigenvalue weighted by Crippen LogP contribution is -2.45. The van der Waals surface area contributed by atoms with Crippen LogP contribution in [0.15, 0.2) is 36.4 Å². The molecule has 0 spiro atoms. The van der Waals surface area contributed by atoms with Crippen LogP contribution >= 0.6 is 0 Å². The molecule has 2 aromatic rings. The number of likely N-dealkylation sites (N-methyl/N-ethyl adjacent to an activating group) is 1. The number of benzene rings is 2. The minimum absolute atomic E-state index is 0.0881. The number of urea groups is 1. The van der Waals surface area contributed by atoms with Crippen molar-refractivity contribution in [3.63, 3.8) is 0 Å². The predicted octanol–water partition coefficient (Wildman–Crippen LogP) is 2.47. The summed E-state index contributed by atoms with van der Waals surface area (Å²) in [7, 11) is 3.91. The fraction of sp³-hybridized carbons (Fsp3) is 0.400. The Morgan fingerprint density at radius 2 is 1.55 bits per heavy atom. The fourth-order valence-electron chi connectivity index (χ4n) is 3.98. The van der Waals surface area contributed by atoms with Crippen LogP contribution in [-0.4, -0.2) is 72.5 Å². The second-order valence-electron chi connectivity index (χ2n) is 8.69. The maximum atomic E-state index is 12.7. The first-order chi connectivity index (χ1) is 15.7. The van der Waals surface area contributed by atoms with Crippen LogP contribution in [0.2, 0.25) is 0 Å². The van der Waals surface area contributed by atoms with Gasteiger partial charge in [0.1, 0.15) is 5.75 Å². The van der Waals surface area contributed by atoms with Gasteiger partial charge in [0.25, 0.3) is 11.8 Å². The topological polar surface area (TPSA) is 102 Å². The van der Waals surface area contributed by atoms with Gasteiger partial charge in [0.05, 0.1) is 11.1 Å². The molecule has 1 heterocycles. The molecular formula is C25H32N4O4. The third-order valence-electron chi connectivity index (χ3n) is 6.02. The smallest absolute Gasteiger partial charge is 0.314 e.